The van der Waals surface area contributed by atoms with E-state index in [1.54, 1.807) is 12.1 Å². The number of esters is 1. The minimum Gasteiger partial charge on any atom is -0.467 e. The summed E-state index contributed by atoms with van der Waals surface area (Å²) in [6, 6.07) is 3.38. The number of urea groups is 1. The van der Waals surface area contributed by atoms with Crippen molar-refractivity contribution in [2.24, 2.45) is 0 Å². The van der Waals surface area contributed by atoms with Gasteiger partial charge in [0, 0.05) is 5.69 Å². The summed E-state index contributed by atoms with van der Waals surface area (Å²) < 4.78 is 4.48. The van der Waals surface area contributed by atoms with Crippen LogP contribution in [0.25, 0.3) is 0 Å². The zero-order valence-electron chi connectivity index (χ0n) is 9.79. The molecule has 7 heteroatoms. The maximum atomic E-state index is 11.5. The number of ether oxygens (including phenoxy) is 1. The van der Waals surface area contributed by atoms with Crippen molar-refractivity contribution in [1.82, 2.24) is 5.32 Å². The van der Waals surface area contributed by atoms with E-state index in [0.29, 0.717) is 15.7 Å². The van der Waals surface area contributed by atoms with E-state index in [0.717, 1.165) is 0 Å². The van der Waals surface area contributed by atoms with Crippen LogP contribution in [0, 0.1) is 0 Å². The van der Waals surface area contributed by atoms with Crippen LogP contribution in [0.4, 0.5) is 10.5 Å². The molecule has 2 amide bonds. The van der Waals surface area contributed by atoms with E-state index in [1.807, 2.05) is 0 Å². The van der Waals surface area contributed by atoms with Gasteiger partial charge in [-0.05, 0) is 25.1 Å². The fraction of sp³-hybridized carbons (Fsp3) is 0.273. The lowest BCUT2D eigenvalue weighted by Crippen LogP contribution is -2.41. The molecule has 0 aliphatic carbocycles. The van der Waals surface area contributed by atoms with Crippen molar-refractivity contribution in [3.8, 4) is 0 Å². The Labute approximate surface area is 114 Å². The zero-order chi connectivity index (χ0) is 13.7. The van der Waals surface area contributed by atoms with E-state index in [4.69, 9.17) is 23.2 Å². The second-order valence-electron chi connectivity index (χ2n) is 3.47. The molecule has 18 heavy (non-hydrogen) atoms. The first-order valence-corrected chi connectivity index (χ1v) is 5.80. The predicted molar refractivity (Wildman–Crippen MR) is 70.1 cm³/mol. The highest BCUT2D eigenvalue weighted by Gasteiger charge is 2.15. The topological polar surface area (TPSA) is 67.4 Å². The smallest absolute Gasteiger partial charge is 0.328 e. The number of halogens is 2. The van der Waals surface area contributed by atoms with Gasteiger partial charge in [0.2, 0.25) is 0 Å². The van der Waals surface area contributed by atoms with Crippen molar-refractivity contribution in [3.63, 3.8) is 0 Å². The van der Waals surface area contributed by atoms with Crippen molar-refractivity contribution in [2.75, 3.05) is 12.4 Å². The number of hydrogen-bond acceptors (Lipinski definition) is 3. The summed E-state index contributed by atoms with van der Waals surface area (Å²) in [6.45, 7) is 1.51. The molecule has 0 aromatic heterocycles. The Hall–Kier alpha value is -1.46. The van der Waals surface area contributed by atoms with Gasteiger partial charge in [0.25, 0.3) is 0 Å². The Morgan fingerprint density at radius 1 is 1.28 bits per heavy atom. The van der Waals surface area contributed by atoms with E-state index in [2.05, 4.69) is 15.4 Å². The van der Waals surface area contributed by atoms with Crippen LogP contribution in [0.1, 0.15) is 6.92 Å². The Morgan fingerprint density at radius 3 is 2.50 bits per heavy atom. The SMILES string of the molecule is COC(=O)C(C)NC(=O)Nc1ccc(Cl)c(Cl)c1. The molecule has 0 aliphatic rings. The number of carbonyl (C=O) groups excluding carboxylic acids is 2. The Morgan fingerprint density at radius 2 is 1.94 bits per heavy atom. The first-order chi connectivity index (χ1) is 8.43. The molecule has 1 atom stereocenters. The molecule has 98 valence electrons. The average molecular weight is 291 g/mol. The van der Waals surface area contributed by atoms with Crippen LogP contribution in [0.15, 0.2) is 18.2 Å². The second kappa shape index (κ2) is 6.47. The molecular formula is C11H12Cl2N2O3. The van der Waals surface area contributed by atoms with Crippen LogP contribution in [0.2, 0.25) is 10.0 Å². The molecule has 0 aliphatic heterocycles. The molecule has 1 aromatic rings. The Kier molecular flexibility index (Phi) is 5.25. The van der Waals surface area contributed by atoms with Gasteiger partial charge in [-0.15, -0.1) is 0 Å². The normalized spacial score (nSPS) is 11.6. The largest absolute Gasteiger partial charge is 0.467 e. The fourth-order valence-corrected chi connectivity index (χ4v) is 1.47. The molecule has 2 N–H and O–H groups in total. The molecule has 0 bridgehead atoms. The summed E-state index contributed by atoms with van der Waals surface area (Å²) in [4.78, 5) is 22.6. The number of anilines is 1. The molecule has 0 saturated heterocycles. The third kappa shape index (κ3) is 4.09. The van der Waals surface area contributed by atoms with Crippen molar-refractivity contribution in [2.45, 2.75) is 13.0 Å². The first-order valence-electron chi connectivity index (χ1n) is 5.04. The van der Waals surface area contributed by atoms with Gasteiger partial charge in [-0.25, -0.2) is 9.59 Å². The molecule has 0 fully saturated rings. The minimum absolute atomic E-state index is 0.329. The van der Waals surface area contributed by atoms with Gasteiger partial charge in [0.1, 0.15) is 6.04 Å². The van der Waals surface area contributed by atoms with Gasteiger partial charge >= 0.3 is 12.0 Å². The van der Waals surface area contributed by atoms with Gasteiger partial charge in [-0.1, -0.05) is 23.2 Å². The highest BCUT2D eigenvalue weighted by atomic mass is 35.5. The highest BCUT2D eigenvalue weighted by molar-refractivity contribution is 6.42. The van der Waals surface area contributed by atoms with Gasteiger partial charge in [0.05, 0.1) is 17.2 Å². The zero-order valence-corrected chi connectivity index (χ0v) is 11.3. The Balaban J connectivity index is 2.59. The average Bonchev–Trinajstić information content (AvgIpc) is 2.32. The fourth-order valence-electron chi connectivity index (χ4n) is 1.17. The summed E-state index contributed by atoms with van der Waals surface area (Å²) in [6.07, 6.45) is 0. The molecule has 5 nitrogen and oxygen atoms in total. The number of benzene rings is 1. The molecule has 1 aromatic carbocycles. The Bertz CT molecular complexity index is 466. The molecular weight excluding hydrogens is 279 g/mol. The number of hydrogen-bond donors (Lipinski definition) is 2. The van der Waals surface area contributed by atoms with E-state index in [-0.39, 0.29) is 0 Å². The van der Waals surface area contributed by atoms with Crippen molar-refractivity contribution >= 4 is 40.9 Å². The van der Waals surface area contributed by atoms with Crippen molar-refractivity contribution in [1.29, 1.82) is 0 Å². The second-order valence-corrected chi connectivity index (χ2v) is 4.29. The van der Waals surface area contributed by atoms with Crippen LogP contribution >= 0.6 is 23.2 Å². The van der Waals surface area contributed by atoms with Crippen LogP contribution in [0.5, 0.6) is 0 Å². The number of carbonyl (C=O) groups is 2. The van der Waals surface area contributed by atoms with Gasteiger partial charge in [-0.2, -0.15) is 0 Å². The van der Waals surface area contributed by atoms with Crippen LogP contribution in [0.3, 0.4) is 0 Å². The minimum atomic E-state index is -0.738. The third-order valence-corrected chi connectivity index (χ3v) is 2.82. The number of nitrogens with one attached hydrogen (secondary N) is 2. The molecule has 0 spiro atoms. The maximum absolute atomic E-state index is 11.5. The summed E-state index contributed by atoms with van der Waals surface area (Å²) in [7, 11) is 1.25. The molecule has 0 saturated carbocycles. The molecule has 1 unspecified atom stereocenters. The molecule has 0 radical (unpaired) electrons. The van der Waals surface area contributed by atoms with Gasteiger partial charge < -0.3 is 15.4 Å². The van der Waals surface area contributed by atoms with E-state index < -0.39 is 18.0 Å². The van der Waals surface area contributed by atoms with Crippen molar-refractivity contribution < 1.29 is 14.3 Å². The quantitative estimate of drug-likeness (QED) is 0.841. The van der Waals surface area contributed by atoms with Crippen molar-refractivity contribution in [3.05, 3.63) is 28.2 Å². The first kappa shape index (κ1) is 14.6. The third-order valence-electron chi connectivity index (χ3n) is 2.08. The number of amides is 2. The number of rotatable bonds is 3. The summed E-state index contributed by atoms with van der Waals surface area (Å²) in [5, 5.41) is 5.65. The lowest BCUT2D eigenvalue weighted by molar-refractivity contribution is -0.142. The van der Waals surface area contributed by atoms with Crippen LogP contribution in [-0.4, -0.2) is 25.2 Å². The lowest BCUT2D eigenvalue weighted by Gasteiger charge is -2.12. The van der Waals surface area contributed by atoms with Crippen LogP contribution < -0.4 is 10.6 Å². The molecule has 0 heterocycles. The van der Waals surface area contributed by atoms with E-state index in [9.17, 15) is 9.59 Å². The number of methoxy groups -OCH3 is 1. The molecule has 1 rings (SSSR count). The van der Waals surface area contributed by atoms with Gasteiger partial charge in [-0.3, -0.25) is 0 Å². The van der Waals surface area contributed by atoms with E-state index >= 15 is 0 Å². The summed E-state index contributed by atoms with van der Waals surface area (Å²) >= 11 is 11.5. The van der Waals surface area contributed by atoms with Gasteiger partial charge in [0.15, 0.2) is 0 Å². The maximum Gasteiger partial charge on any atom is 0.328 e. The summed E-state index contributed by atoms with van der Waals surface area (Å²) in [5.41, 5.74) is 0.471. The monoisotopic (exact) mass is 290 g/mol. The highest BCUT2D eigenvalue weighted by Crippen LogP contribution is 2.24. The van der Waals surface area contributed by atoms with E-state index in [1.165, 1.54) is 20.1 Å². The summed E-state index contributed by atoms with van der Waals surface area (Å²) in [5.74, 6) is -0.528. The lowest BCUT2D eigenvalue weighted by atomic mass is 10.3. The predicted octanol–water partition coefficient (Wildman–Crippen LogP) is 2.68. The van der Waals surface area contributed by atoms with Crippen LogP contribution in [-0.2, 0) is 9.53 Å². The standard InChI is InChI=1S/C11H12Cl2N2O3/c1-6(10(16)18-2)14-11(17)15-7-3-4-8(12)9(13)5-7/h3-6H,1-2H3,(H2,14,15,17).